The smallest absolute Gasteiger partial charge is 0.263 e. The summed E-state index contributed by atoms with van der Waals surface area (Å²) in [6.45, 7) is 1.73. The summed E-state index contributed by atoms with van der Waals surface area (Å²) in [4.78, 5) is -0.00613. The van der Waals surface area contributed by atoms with E-state index in [0.717, 1.165) is 0 Å². The minimum Gasteiger partial charge on any atom is -0.322 e. The molecule has 0 saturated heterocycles. The van der Waals surface area contributed by atoms with E-state index in [2.05, 4.69) is 4.72 Å². The summed E-state index contributed by atoms with van der Waals surface area (Å²) in [7, 11) is -3.85. The second-order valence-electron chi connectivity index (χ2n) is 5.24. The number of para-hydroxylation sites is 2. The van der Waals surface area contributed by atoms with Gasteiger partial charge in [-0.05, 0) is 48.9 Å². The molecule has 7 heteroatoms. The molecule has 0 fully saturated rings. The summed E-state index contributed by atoms with van der Waals surface area (Å²) in [5, 5.41) is 0.503. The maximum atomic E-state index is 12.8. The summed E-state index contributed by atoms with van der Waals surface area (Å²) in [5.41, 5.74) is 1.81. The van der Waals surface area contributed by atoms with Crippen molar-refractivity contribution < 1.29 is 8.42 Å². The highest BCUT2D eigenvalue weighted by atomic mass is 35.5. The number of anilines is 1. The molecule has 1 N–H and O–H groups in total. The maximum Gasteiger partial charge on any atom is 0.263 e. The normalized spacial score (nSPS) is 11.5. The van der Waals surface area contributed by atoms with Crippen molar-refractivity contribution in [2.24, 2.45) is 0 Å². The highest BCUT2D eigenvalue weighted by Gasteiger charge is 2.21. The zero-order chi connectivity index (χ0) is 17.3. The van der Waals surface area contributed by atoms with Gasteiger partial charge < -0.3 is 4.57 Å². The largest absolute Gasteiger partial charge is 0.322 e. The predicted molar refractivity (Wildman–Crippen MR) is 97.8 cm³/mol. The molecule has 4 nitrogen and oxygen atoms in total. The molecule has 2 aromatic carbocycles. The predicted octanol–water partition coefficient (Wildman–Crippen LogP) is 4.89. The SMILES string of the molecule is Cc1cc(S(=O)(=O)Nc2ccccc2-n2cccc2)c(Cl)cc1Cl. The lowest BCUT2D eigenvalue weighted by atomic mass is 10.2. The molecule has 124 valence electrons. The van der Waals surface area contributed by atoms with E-state index >= 15 is 0 Å². The summed E-state index contributed by atoms with van der Waals surface area (Å²) >= 11 is 12.1. The molecule has 0 amide bonds. The molecule has 3 rings (SSSR count). The van der Waals surface area contributed by atoms with Crippen molar-refractivity contribution in [3.8, 4) is 5.69 Å². The van der Waals surface area contributed by atoms with Gasteiger partial charge in [-0.1, -0.05) is 35.3 Å². The highest BCUT2D eigenvalue weighted by molar-refractivity contribution is 7.92. The van der Waals surface area contributed by atoms with Gasteiger partial charge in [-0.2, -0.15) is 0 Å². The molecule has 1 aromatic heterocycles. The van der Waals surface area contributed by atoms with Gasteiger partial charge in [-0.3, -0.25) is 4.72 Å². The van der Waals surface area contributed by atoms with Crippen molar-refractivity contribution >= 4 is 38.9 Å². The van der Waals surface area contributed by atoms with Crippen molar-refractivity contribution in [3.05, 3.63) is 76.5 Å². The Hall–Kier alpha value is -1.95. The van der Waals surface area contributed by atoms with Crippen molar-refractivity contribution in [1.29, 1.82) is 0 Å². The molecule has 0 saturated carbocycles. The van der Waals surface area contributed by atoms with Crippen LogP contribution >= 0.6 is 23.2 Å². The van der Waals surface area contributed by atoms with Gasteiger partial charge in [0.05, 0.1) is 16.4 Å². The molecule has 0 aliphatic carbocycles. The zero-order valence-electron chi connectivity index (χ0n) is 12.7. The number of nitrogens with zero attached hydrogens (tertiary/aromatic N) is 1. The van der Waals surface area contributed by atoms with Crippen LogP contribution in [0, 0.1) is 6.92 Å². The van der Waals surface area contributed by atoms with Crippen LogP contribution in [0.15, 0.2) is 65.8 Å². The molecule has 0 bridgehead atoms. The van der Waals surface area contributed by atoms with Gasteiger partial charge in [-0.15, -0.1) is 0 Å². The molecule has 0 aliphatic rings. The fourth-order valence-corrected chi connectivity index (χ4v) is 4.22. The van der Waals surface area contributed by atoms with E-state index in [1.165, 1.54) is 12.1 Å². The second-order valence-corrected chi connectivity index (χ2v) is 7.71. The Bertz CT molecular complexity index is 984. The average molecular weight is 381 g/mol. The van der Waals surface area contributed by atoms with Gasteiger partial charge in [-0.25, -0.2) is 8.42 Å². The minimum atomic E-state index is -3.85. The van der Waals surface area contributed by atoms with Gasteiger partial charge in [0.1, 0.15) is 4.90 Å². The van der Waals surface area contributed by atoms with Crippen molar-refractivity contribution in [2.45, 2.75) is 11.8 Å². The lowest BCUT2D eigenvalue weighted by Gasteiger charge is -2.14. The first-order chi connectivity index (χ1) is 11.4. The summed E-state index contributed by atoms with van der Waals surface area (Å²) in [6.07, 6.45) is 3.68. The quantitative estimate of drug-likeness (QED) is 0.699. The number of hydrogen-bond donors (Lipinski definition) is 1. The number of hydrogen-bond acceptors (Lipinski definition) is 2. The molecule has 0 radical (unpaired) electrons. The van der Waals surface area contributed by atoms with Gasteiger partial charge in [0.25, 0.3) is 10.0 Å². The highest BCUT2D eigenvalue weighted by Crippen LogP contribution is 2.30. The van der Waals surface area contributed by atoms with Crippen LogP contribution < -0.4 is 4.72 Å². The standard InChI is InChI=1S/C17H14Cl2N2O2S/c1-12-10-17(14(19)11-13(12)18)24(22,23)20-15-6-2-3-7-16(15)21-8-4-5-9-21/h2-11,20H,1H3. The minimum absolute atomic E-state index is 0.00613. The van der Waals surface area contributed by atoms with E-state index < -0.39 is 10.0 Å². The van der Waals surface area contributed by atoms with E-state index in [0.29, 0.717) is 22.0 Å². The third kappa shape index (κ3) is 3.29. The topological polar surface area (TPSA) is 51.1 Å². The van der Waals surface area contributed by atoms with Crippen LogP contribution in [0.25, 0.3) is 5.69 Å². The van der Waals surface area contributed by atoms with Crippen LogP contribution in [0.4, 0.5) is 5.69 Å². The van der Waals surface area contributed by atoms with E-state index in [-0.39, 0.29) is 9.92 Å². The van der Waals surface area contributed by atoms with Gasteiger partial charge in [0.2, 0.25) is 0 Å². The molecular formula is C17H14Cl2N2O2S. The van der Waals surface area contributed by atoms with Gasteiger partial charge in [0.15, 0.2) is 0 Å². The molecule has 3 aromatic rings. The Morgan fingerprint density at radius 2 is 1.62 bits per heavy atom. The molecule has 0 atom stereocenters. The van der Waals surface area contributed by atoms with Gasteiger partial charge in [0, 0.05) is 17.4 Å². The Kier molecular flexibility index (Phi) is 4.58. The first-order valence-electron chi connectivity index (χ1n) is 7.09. The first-order valence-corrected chi connectivity index (χ1v) is 9.33. The fraction of sp³-hybridized carbons (Fsp3) is 0.0588. The van der Waals surface area contributed by atoms with E-state index in [1.807, 2.05) is 41.2 Å². The Morgan fingerprint density at radius 1 is 0.958 bits per heavy atom. The van der Waals surface area contributed by atoms with Crippen LogP contribution in [0.5, 0.6) is 0 Å². The number of sulfonamides is 1. The molecule has 0 spiro atoms. The van der Waals surface area contributed by atoms with Crippen LogP contribution in [-0.4, -0.2) is 13.0 Å². The van der Waals surface area contributed by atoms with Crippen LogP contribution in [0.2, 0.25) is 10.0 Å². The van der Waals surface area contributed by atoms with Crippen LogP contribution in [0.1, 0.15) is 5.56 Å². The summed E-state index contributed by atoms with van der Waals surface area (Å²) < 4.78 is 29.9. The molecule has 0 aliphatic heterocycles. The van der Waals surface area contributed by atoms with Crippen molar-refractivity contribution in [3.63, 3.8) is 0 Å². The van der Waals surface area contributed by atoms with E-state index in [1.54, 1.807) is 19.1 Å². The lowest BCUT2D eigenvalue weighted by molar-refractivity contribution is 0.601. The Labute approximate surface area is 150 Å². The van der Waals surface area contributed by atoms with E-state index in [4.69, 9.17) is 23.2 Å². The third-order valence-corrected chi connectivity index (χ3v) is 5.77. The maximum absolute atomic E-state index is 12.8. The third-order valence-electron chi connectivity index (χ3n) is 3.53. The van der Waals surface area contributed by atoms with Crippen molar-refractivity contribution in [1.82, 2.24) is 4.57 Å². The average Bonchev–Trinajstić information content (AvgIpc) is 3.05. The molecule has 24 heavy (non-hydrogen) atoms. The number of benzene rings is 2. The fourth-order valence-electron chi connectivity index (χ4n) is 2.32. The number of halogens is 2. The molecule has 0 unspecified atom stereocenters. The molecule has 1 heterocycles. The van der Waals surface area contributed by atoms with Crippen LogP contribution in [-0.2, 0) is 10.0 Å². The second kappa shape index (κ2) is 6.51. The van der Waals surface area contributed by atoms with Crippen molar-refractivity contribution in [2.75, 3.05) is 4.72 Å². The summed E-state index contributed by atoms with van der Waals surface area (Å²) in [5.74, 6) is 0. The van der Waals surface area contributed by atoms with Crippen LogP contribution in [0.3, 0.4) is 0 Å². The summed E-state index contributed by atoms with van der Waals surface area (Å²) in [6, 6.07) is 13.8. The lowest BCUT2D eigenvalue weighted by Crippen LogP contribution is -2.15. The van der Waals surface area contributed by atoms with Gasteiger partial charge >= 0.3 is 0 Å². The number of rotatable bonds is 4. The Balaban J connectivity index is 2.04. The molecular weight excluding hydrogens is 367 g/mol. The number of nitrogens with one attached hydrogen (secondary N) is 1. The zero-order valence-corrected chi connectivity index (χ0v) is 15.0. The number of aromatic nitrogens is 1. The Morgan fingerprint density at radius 3 is 2.33 bits per heavy atom. The van der Waals surface area contributed by atoms with E-state index in [9.17, 15) is 8.42 Å². The monoisotopic (exact) mass is 380 g/mol. The first kappa shape index (κ1) is 16.9. The number of aryl methyl sites for hydroxylation is 1.